The van der Waals surface area contributed by atoms with Crippen LogP contribution in [0.15, 0.2) is 60.9 Å². The molecule has 2 aromatic carbocycles. The third-order valence-electron chi connectivity index (χ3n) is 6.96. The zero-order valence-electron chi connectivity index (χ0n) is 21.5. The van der Waals surface area contributed by atoms with Crippen LogP contribution in [0.4, 0.5) is 4.79 Å². The molecule has 3 heterocycles. The van der Waals surface area contributed by atoms with Gasteiger partial charge in [0.25, 0.3) is 0 Å². The first kappa shape index (κ1) is 25.2. The predicted molar refractivity (Wildman–Crippen MR) is 144 cm³/mol. The van der Waals surface area contributed by atoms with E-state index in [1.807, 2.05) is 47.0 Å². The van der Waals surface area contributed by atoms with Crippen molar-refractivity contribution >= 4 is 11.7 Å². The van der Waals surface area contributed by atoms with E-state index in [0.29, 0.717) is 35.4 Å². The molecule has 0 bridgehead atoms. The molecule has 4 aromatic rings. The van der Waals surface area contributed by atoms with Gasteiger partial charge in [0.15, 0.2) is 5.65 Å². The number of imidazole rings is 1. The Balaban J connectivity index is 1.56. The average Bonchev–Trinajstić information content (AvgIpc) is 3.42. The predicted octanol–water partition coefficient (Wildman–Crippen LogP) is 4.77. The second-order valence-corrected chi connectivity index (χ2v) is 9.85. The summed E-state index contributed by atoms with van der Waals surface area (Å²) in [5.41, 5.74) is 5.45. The molecule has 1 amide bonds. The van der Waals surface area contributed by atoms with Gasteiger partial charge in [-0.1, -0.05) is 36.4 Å². The number of amides is 1. The molecule has 0 saturated carbocycles. The smallest absolute Gasteiger partial charge is 0.407 e. The van der Waals surface area contributed by atoms with Crippen molar-refractivity contribution in [2.24, 2.45) is 5.92 Å². The number of ether oxygens (including phenoxy) is 1. The molecule has 0 aliphatic carbocycles. The van der Waals surface area contributed by atoms with Gasteiger partial charge in [-0.2, -0.15) is 10.2 Å². The topological polar surface area (TPSA) is 107 Å². The standard InChI is InChI=1S/C29H30N6O3/c1-33-14-3-4-22(17-33)19-38-28-32-26(24-11-5-20(16-30)6-12-24)25(27-31-13-15-35(27)28)23-9-7-21(8-10-23)18-34(2)29(36)37/h5-13,15,22H,3-4,14,17-19H2,1-2H3,(H,36,37)/t22-/m1/s1. The molecule has 2 aromatic heterocycles. The Labute approximate surface area is 221 Å². The molecule has 1 atom stereocenters. The van der Waals surface area contributed by atoms with Crippen molar-refractivity contribution in [2.45, 2.75) is 19.4 Å². The molecule has 0 radical (unpaired) electrons. The fraction of sp³-hybridized carbons (Fsp3) is 0.310. The Morgan fingerprint density at radius 3 is 2.61 bits per heavy atom. The number of benzene rings is 2. The molecule has 1 fully saturated rings. The maximum Gasteiger partial charge on any atom is 0.407 e. The van der Waals surface area contributed by atoms with Gasteiger partial charge in [0, 0.05) is 44.0 Å². The zero-order valence-corrected chi connectivity index (χ0v) is 21.5. The second kappa shape index (κ2) is 10.9. The van der Waals surface area contributed by atoms with E-state index in [-0.39, 0.29) is 6.54 Å². The minimum atomic E-state index is -0.976. The first-order valence-electron chi connectivity index (χ1n) is 12.6. The molecular formula is C29H30N6O3. The lowest BCUT2D eigenvalue weighted by Gasteiger charge is -2.29. The third-order valence-corrected chi connectivity index (χ3v) is 6.96. The van der Waals surface area contributed by atoms with Crippen molar-refractivity contribution in [1.82, 2.24) is 24.2 Å². The van der Waals surface area contributed by atoms with Crippen LogP contribution in [0.5, 0.6) is 6.01 Å². The first-order chi connectivity index (χ1) is 18.4. The van der Waals surface area contributed by atoms with Gasteiger partial charge >= 0.3 is 12.1 Å². The van der Waals surface area contributed by atoms with E-state index in [2.05, 4.69) is 23.0 Å². The SMILES string of the molecule is CN1CCC[C@@H](COc2nc(-c3ccc(C#N)cc3)c(-c3ccc(CN(C)C(=O)O)cc3)c3nccn23)C1. The van der Waals surface area contributed by atoms with E-state index < -0.39 is 6.09 Å². The van der Waals surface area contributed by atoms with Crippen LogP contribution in [-0.2, 0) is 6.54 Å². The van der Waals surface area contributed by atoms with E-state index >= 15 is 0 Å². The maximum atomic E-state index is 11.2. The highest BCUT2D eigenvalue weighted by molar-refractivity contribution is 5.90. The van der Waals surface area contributed by atoms with Crippen LogP contribution in [0.2, 0.25) is 0 Å². The Kier molecular flexibility index (Phi) is 7.24. The van der Waals surface area contributed by atoms with Crippen molar-refractivity contribution in [3.05, 3.63) is 72.1 Å². The number of likely N-dealkylation sites (tertiary alicyclic amines) is 1. The quantitative estimate of drug-likeness (QED) is 0.382. The van der Waals surface area contributed by atoms with E-state index in [1.165, 1.54) is 4.90 Å². The summed E-state index contributed by atoms with van der Waals surface area (Å²) in [5.74, 6) is 0.434. The van der Waals surface area contributed by atoms with Crippen molar-refractivity contribution < 1.29 is 14.6 Å². The van der Waals surface area contributed by atoms with Crippen molar-refractivity contribution in [2.75, 3.05) is 33.8 Å². The minimum Gasteiger partial charge on any atom is -0.465 e. The largest absolute Gasteiger partial charge is 0.465 e. The van der Waals surface area contributed by atoms with Gasteiger partial charge in [0.05, 0.1) is 29.5 Å². The molecule has 0 unspecified atom stereocenters. The number of rotatable bonds is 7. The number of nitrogens with zero attached hydrogens (tertiary/aromatic N) is 6. The fourth-order valence-corrected chi connectivity index (χ4v) is 4.95. The lowest BCUT2D eigenvalue weighted by molar-refractivity contribution is 0.143. The van der Waals surface area contributed by atoms with Crippen LogP contribution in [0.25, 0.3) is 28.0 Å². The molecule has 0 spiro atoms. The number of nitriles is 1. The third kappa shape index (κ3) is 5.31. The van der Waals surface area contributed by atoms with Gasteiger partial charge in [0.1, 0.15) is 0 Å². The molecule has 1 N–H and O–H groups in total. The minimum absolute atomic E-state index is 0.290. The lowest BCUT2D eigenvalue weighted by Crippen LogP contribution is -2.35. The van der Waals surface area contributed by atoms with Crippen LogP contribution in [0, 0.1) is 17.2 Å². The van der Waals surface area contributed by atoms with E-state index in [4.69, 9.17) is 9.72 Å². The molecule has 9 nitrogen and oxygen atoms in total. The average molecular weight is 511 g/mol. The van der Waals surface area contributed by atoms with Crippen LogP contribution >= 0.6 is 0 Å². The number of hydrogen-bond donors (Lipinski definition) is 1. The summed E-state index contributed by atoms with van der Waals surface area (Å²) >= 11 is 0. The number of carboxylic acid groups (broad SMARTS) is 1. The van der Waals surface area contributed by atoms with Gasteiger partial charge in [-0.3, -0.25) is 4.40 Å². The number of hydrogen-bond acceptors (Lipinski definition) is 6. The molecule has 9 heteroatoms. The lowest BCUT2D eigenvalue weighted by atomic mass is 9.98. The summed E-state index contributed by atoms with van der Waals surface area (Å²) < 4.78 is 8.20. The Morgan fingerprint density at radius 2 is 1.92 bits per heavy atom. The Hall–Kier alpha value is -4.42. The second-order valence-electron chi connectivity index (χ2n) is 9.85. The fourth-order valence-electron chi connectivity index (χ4n) is 4.95. The van der Waals surface area contributed by atoms with E-state index in [9.17, 15) is 15.2 Å². The molecule has 194 valence electrons. The number of fused-ring (bicyclic) bond motifs is 1. The van der Waals surface area contributed by atoms with Crippen molar-refractivity contribution in [3.8, 4) is 34.5 Å². The van der Waals surface area contributed by atoms with Crippen LogP contribution < -0.4 is 4.74 Å². The summed E-state index contributed by atoms with van der Waals surface area (Å²) in [4.78, 5) is 24.5. The molecule has 1 aliphatic heterocycles. The van der Waals surface area contributed by atoms with Crippen LogP contribution in [-0.4, -0.2) is 69.2 Å². The number of aromatic nitrogens is 3. The summed E-state index contributed by atoms with van der Waals surface area (Å²) in [5, 5.41) is 18.5. The van der Waals surface area contributed by atoms with Gasteiger partial charge in [0.2, 0.25) is 0 Å². The highest BCUT2D eigenvalue weighted by atomic mass is 16.5. The summed E-state index contributed by atoms with van der Waals surface area (Å²) in [6, 6.07) is 17.7. The number of carbonyl (C=O) groups is 1. The van der Waals surface area contributed by atoms with E-state index in [1.54, 1.807) is 25.4 Å². The van der Waals surface area contributed by atoms with Gasteiger partial charge < -0.3 is 19.6 Å². The highest BCUT2D eigenvalue weighted by Crippen LogP contribution is 2.36. The summed E-state index contributed by atoms with van der Waals surface area (Å²) in [6.07, 6.45) is 4.90. The van der Waals surface area contributed by atoms with Gasteiger partial charge in [-0.05, 0) is 49.7 Å². The summed E-state index contributed by atoms with van der Waals surface area (Å²) in [6.45, 7) is 2.97. The number of piperidine rings is 1. The highest BCUT2D eigenvalue weighted by Gasteiger charge is 2.22. The van der Waals surface area contributed by atoms with Crippen molar-refractivity contribution in [3.63, 3.8) is 0 Å². The Bertz CT molecular complexity index is 1470. The molecule has 5 rings (SSSR count). The monoisotopic (exact) mass is 510 g/mol. The van der Waals surface area contributed by atoms with Gasteiger partial charge in [-0.25, -0.2) is 9.78 Å². The van der Waals surface area contributed by atoms with E-state index in [0.717, 1.165) is 48.2 Å². The Morgan fingerprint density at radius 1 is 1.18 bits per heavy atom. The van der Waals surface area contributed by atoms with Crippen LogP contribution in [0.3, 0.4) is 0 Å². The molecule has 38 heavy (non-hydrogen) atoms. The molecule has 1 saturated heterocycles. The van der Waals surface area contributed by atoms with Crippen molar-refractivity contribution in [1.29, 1.82) is 5.26 Å². The maximum absolute atomic E-state index is 11.2. The first-order valence-corrected chi connectivity index (χ1v) is 12.6. The zero-order chi connectivity index (χ0) is 26.6. The van der Waals surface area contributed by atoms with Gasteiger partial charge in [-0.15, -0.1) is 0 Å². The summed E-state index contributed by atoms with van der Waals surface area (Å²) in [7, 11) is 3.68. The molecule has 1 aliphatic rings. The van der Waals surface area contributed by atoms with Crippen LogP contribution in [0.1, 0.15) is 24.0 Å². The normalized spacial score (nSPS) is 15.8. The molecular weight excluding hydrogens is 480 g/mol.